The molecule has 0 aliphatic heterocycles. The van der Waals surface area contributed by atoms with Crippen molar-refractivity contribution in [1.29, 1.82) is 10.5 Å². The summed E-state index contributed by atoms with van der Waals surface area (Å²) >= 11 is 0. The Bertz CT molecular complexity index is 704. The maximum absolute atomic E-state index is 13.1. The molecule has 1 aliphatic rings. The Morgan fingerprint density at radius 1 is 1.14 bits per heavy atom. The molecular formula is C16H11F3N2O. The van der Waals surface area contributed by atoms with E-state index in [9.17, 15) is 18.0 Å². The van der Waals surface area contributed by atoms with Gasteiger partial charge in [0, 0.05) is 12.8 Å². The van der Waals surface area contributed by atoms with Gasteiger partial charge in [0.25, 0.3) is 0 Å². The van der Waals surface area contributed by atoms with Gasteiger partial charge in [-0.1, -0.05) is 18.2 Å². The summed E-state index contributed by atoms with van der Waals surface area (Å²) in [5.74, 6) is -0.919. The van der Waals surface area contributed by atoms with E-state index in [1.165, 1.54) is 18.2 Å². The zero-order chi connectivity index (χ0) is 16.3. The fraction of sp³-hybridized carbons (Fsp3) is 0.312. The number of alkyl halides is 3. The predicted octanol–water partition coefficient (Wildman–Crippen LogP) is 3.89. The quantitative estimate of drug-likeness (QED) is 0.739. The first kappa shape index (κ1) is 15.8. The van der Waals surface area contributed by atoms with Crippen LogP contribution in [0.4, 0.5) is 13.2 Å². The molecule has 0 spiro atoms. The molecule has 1 fully saturated rings. The number of ketones is 1. The largest absolute Gasteiger partial charge is 0.416 e. The number of carbonyl (C=O) groups is 1. The van der Waals surface area contributed by atoms with Crippen LogP contribution in [0.5, 0.6) is 0 Å². The molecule has 1 unspecified atom stereocenters. The molecular weight excluding hydrogens is 293 g/mol. The highest BCUT2D eigenvalue weighted by molar-refractivity contribution is 5.84. The van der Waals surface area contributed by atoms with Crippen LogP contribution in [-0.2, 0) is 11.0 Å². The molecule has 22 heavy (non-hydrogen) atoms. The van der Waals surface area contributed by atoms with Crippen LogP contribution in [0.1, 0.15) is 36.3 Å². The molecule has 0 N–H and O–H groups in total. The summed E-state index contributed by atoms with van der Waals surface area (Å²) in [6.45, 7) is 0. The average Bonchev–Trinajstić information content (AvgIpc) is 2.47. The van der Waals surface area contributed by atoms with Crippen molar-refractivity contribution >= 4 is 5.78 Å². The molecule has 2 rings (SSSR count). The van der Waals surface area contributed by atoms with E-state index in [4.69, 9.17) is 10.5 Å². The van der Waals surface area contributed by atoms with Crippen LogP contribution < -0.4 is 0 Å². The number of carbonyl (C=O) groups excluding carboxylic acids is 1. The number of nitriles is 2. The van der Waals surface area contributed by atoms with Crippen LogP contribution in [0.15, 0.2) is 35.4 Å². The van der Waals surface area contributed by atoms with Gasteiger partial charge in [0.2, 0.25) is 0 Å². The Morgan fingerprint density at radius 3 is 2.36 bits per heavy atom. The first-order chi connectivity index (χ1) is 10.4. The van der Waals surface area contributed by atoms with Gasteiger partial charge in [0.15, 0.2) is 0 Å². The maximum Gasteiger partial charge on any atom is 0.416 e. The lowest BCUT2D eigenvalue weighted by atomic mass is 9.77. The third kappa shape index (κ3) is 3.17. The first-order valence-electron chi connectivity index (χ1n) is 6.57. The minimum Gasteiger partial charge on any atom is -0.299 e. The fourth-order valence-electron chi connectivity index (χ4n) is 2.73. The van der Waals surface area contributed by atoms with E-state index in [1.807, 2.05) is 0 Å². The van der Waals surface area contributed by atoms with Crippen molar-refractivity contribution in [3.63, 3.8) is 0 Å². The number of hydrogen-bond acceptors (Lipinski definition) is 3. The van der Waals surface area contributed by atoms with Crippen LogP contribution in [0, 0.1) is 22.7 Å². The van der Waals surface area contributed by atoms with Crippen molar-refractivity contribution < 1.29 is 18.0 Å². The molecule has 3 nitrogen and oxygen atoms in total. The van der Waals surface area contributed by atoms with Gasteiger partial charge >= 0.3 is 6.18 Å². The Balaban J connectivity index is 2.47. The molecule has 0 amide bonds. The van der Waals surface area contributed by atoms with Crippen LogP contribution in [0.25, 0.3) is 0 Å². The molecule has 0 radical (unpaired) electrons. The lowest BCUT2D eigenvalue weighted by Gasteiger charge is -2.26. The normalized spacial score (nSPS) is 18.5. The van der Waals surface area contributed by atoms with Gasteiger partial charge in [0.1, 0.15) is 23.5 Å². The Hall–Kier alpha value is -2.60. The second-order valence-corrected chi connectivity index (χ2v) is 5.11. The van der Waals surface area contributed by atoms with Crippen molar-refractivity contribution in [3.8, 4) is 12.1 Å². The van der Waals surface area contributed by atoms with Crippen LogP contribution >= 0.6 is 0 Å². The summed E-state index contributed by atoms with van der Waals surface area (Å²) in [5.41, 5.74) is -0.592. The van der Waals surface area contributed by atoms with Crippen LogP contribution in [-0.4, -0.2) is 5.78 Å². The third-order valence-corrected chi connectivity index (χ3v) is 3.66. The van der Waals surface area contributed by atoms with E-state index in [-0.39, 0.29) is 36.2 Å². The molecule has 0 saturated heterocycles. The highest BCUT2D eigenvalue weighted by Crippen LogP contribution is 2.41. The molecule has 1 atom stereocenters. The topological polar surface area (TPSA) is 64.7 Å². The molecule has 6 heteroatoms. The van der Waals surface area contributed by atoms with Gasteiger partial charge in [-0.3, -0.25) is 4.79 Å². The third-order valence-electron chi connectivity index (χ3n) is 3.66. The van der Waals surface area contributed by atoms with Crippen molar-refractivity contribution in [2.45, 2.75) is 31.4 Å². The van der Waals surface area contributed by atoms with Gasteiger partial charge in [-0.15, -0.1) is 0 Å². The Labute approximate surface area is 125 Å². The van der Waals surface area contributed by atoms with E-state index in [0.717, 1.165) is 6.07 Å². The number of allylic oxidation sites excluding steroid dienone is 2. The average molecular weight is 304 g/mol. The smallest absolute Gasteiger partial charge is 0.299 e. The summed E-state index contributed by atoms with van der Waals surface area (Å²) in [7, 11) is 0. The standard InChI is InChI=1S/C16H11F3N2O/c17-16(18,19)15-4-2-1-3-14(15)11-5-10(6-13(22)7-11)12(8-20)9-21/h1-4,11H,5-7H2. The van der Waals surface area contributed by atoms with Crippen LogP contribution in [0.3, 0.4) is 0 Å². The van der Waals surface area contributed by atoms with Gasteiger partial charge < -0.3 is 0 Å². The van der Waals surface area contributed by atoms with E-state index >= 15 is 0 Å². The molecule has 0 bridgehead atoms. The zero-order valence-electron chi connectivity index (χ0n) is 11.4. The number of nitrogens with zero attached hydrogens (tertiary/aromatic N) is 2. The molecule has 112 valence electrons. The van der Waals surface area contributed by atoms with E-state index < -0.39 is 17.7 Å². The van der Waals surface area contributed by atoms with Gasteiger partial charge in [-0.25, -0.2) is 0 Å². The highest BCUT2D eigenvalue weighted by Gasteiger charge is 2.37. The lowest BCUT2D eigenvalue weighted by molar-refractivity contribution is -0.138. The minimum absolute atomic E-state index is 0.0132. The minimum atomic E-state index is -4.51. The number of benzene rings is 1. The summed E-state index contributed by atoms with van der Waals surface area (Å²) in [5, 5.41) is 17.8. The number of rotatable bonds is 1. The molecule has 0 aromatic heterocycles. The van der Waals surface area contributed by atoms with Crippen molar-refractivity contribution in [1.82, 2.24) is 0 Å². The summed E-state index contributed by atoms with van der Waals surface area (Å²) < 4.78 is 39.3. The summed E-state index contributed by atoms with van der Waals surface area (Å²) in [6.07, 6.45) is -4.44. The lowest BCUT2D eigenvalue weighted by Crippen LogP contribution is -2.20. The van der Waals surface area contributed by atoms with Gasteiger partial charge in [0.05, 0.1) is 5.56 Å². The number of halogens is 3. The predicted molar refractivity (Wildman–Crippen MR) is 71.3 cm³/mol. The van der Waals surface area contributed by atoms with Crippen LogP contribution in [0.2, 0.25) is 0 Å². The molecule has 1 aromatic carbocycles. The van der Waals surface area contributed by atoms with E-state index in [2.05, 4.69) is 0 Å². The van der Waals surface area contributed by atoms with Crippen molar-refractivity contribution in [2.24, 2.45) is 0 Å². The number of Topliss-reactive ketones (excluding diaryl/α,β-unsaturated/α-hetero) is 1. The second kappa shape index (κ2) is 6.03. The van der Waals surface area contributed by atoms with Crippen molar-refractivity contribution in [2.75, 3.05) is 0 Å². The van der Waals surface area contributed by atoms with Gasteiger partial charge in [-0.2, -0.15) is 23.7 Å². The van der Waals surface area contributed by atoms with E-state index in [1.54, 1.807) is 12.1 Å². The molecule has 0 heterocycles. The maximum atomic E-state index is 13.1. The molecule has 1 aromatic rings. The fourth-order valence-corrected chi connectivity index (χ4v) is 2.73. The SMILES string of the molecule is N#CC(C#N)=C1CC(=O)CC(c2ccccc2C(F)(F)F)C1. The zero-order valence-corrected chi connectivity index (χ0v) is 11.4. The number of hydrogen-bond donors (Lipinski definition) is 0. The summed E-state index contributed by atoms with van der Waals surface area (Å²) in [6, 6.07) is 8.52. The monoisotopic (exact) mass is 304 g/mol. The Morgan fingerprint density at radius 2 is 1.77 bits per heavy atom. The second-order valence-electron chi connectivity index (χ2n) is 5.11. The molecule has 1 aliphatic carbocycles. The van der Waals surface area contributed by atoms with E-state index in [0.29, 0.717) is 5.57 Å². The highest BCUT2D eigenvalue weighted by atomic mass is 19.4. The summed E-state index contributed by atoms with van der Waals surface area (Å²) in [4.78, 5) is 11.8. The Kier molecular flexibility index (Phi) is 4.32. The van der Waals surface area contributed by atoms with Gasteiger partial charge in [-0.05, 0) is 29.5 Å². The van der Waals surface area contributed by atoms with Crippen molar-refractivity contribution in [3.05, 3.63) is 46.5 Å². The first-order valence-corrected chi connectivity index (χ1v) is 6.57. The molecule has 1 saturated carbocycles.